The summed E-state index contributed by atoms with van der Waals surface area (Å²) in [6, 6.07) is 11.0. The molecule has 2 aliphatic heterocycles. The molecule has 1 aromatic rings. The average Bonchev–Trinajstić information content (AvgIpc) is 3.02. The van der Waals surface area contributed by atoms with Crippen molar-refractivity contribution in [3.8, 4) is 0 Å². The van der Waals surface area contributed by atoms with Crippen LogP contribution in [0.4, 0.5) is 0 Å². The maximum Gasteiger partial charge on any atom is 0.166 e. The van der Waals surface area contributed by atoms with Gasteiger partial charge in [-0.25, -0.2) is 0 Å². The Labute approximate surface area is 199 Å². The van der Waals surface area contributed by atoms with Crippen LogP contribution in [0.5, 0.6) is 0 Å². The van der Waals surface area contributed by atoms with E-state index in [1.165, 1.54) is 24.8 Å². The third-order valence-electron chi connectivity index (χ3n) is 9.49. The predicted octanol–water partition coefficient (Wildman–Crippen LogP) is 2.99. The van der Waals surface area contributed by atoms with E-state index in [1.807, 2.05) is 0 Å². The van der Waals surface area contributed by atoms with E-state index in [0.29, 0.717) is 38.5 Å². The van der Waals surface area contributed by atoms with Gasteiger partial charge in [0.2, 0.25) is 0 Å². The van der Waals surface area contributed by atoms with Crippen molar-refractivity contribution in [2.45, 2.75) is 80.8 Å². The Morgan fingerprint density at radius 3 is 2.24 bits per heavy atom. The molecule has 4 fully saturated rings. The average molecular weight is 458 g/mol. The molecule has 1 unspecified atom stereocenters. The first-order valence-electron chi connectivity index (χ1n) is 13.1. The van der Waals surface area contributed by atoms with Crippen LogP contribution in [-0.4, -0.2) is 89.3 Å². The molecular formula is C27H43N3O3. The van der Waals surface area contributed by atoms with Gasteiger partial charge in [-0.05, 0) is 64.1 Å². The number of aliphatic hydroxyl groups is 2. The molecule has 0 amide bonds. The zero-order valence-corrected chi connectivity index (χ0v) is 20.6. The third kappa shape index (κ3) is 4.39. The molecular weight excluding hydrogens is 414 g/mol. The van der Waals surface area contributed by atoms with E-state index in [2.05, 4.69) is 59.1 Å². The Bertz CT molecular complexity index is 783. The lowest BCUT2D eigenvalue weighted by Crippen LogP contribution is -2.57. The second kappa shape index (κ2) is 9.21. The summed E-state index contributed by atoms with van der Waals surface area (Å²) in [6.45, 7) is 3.60. The van der Waals surface area contributed by atoms with Gasteiger partial charge in [-0.15, -0.1) is 0 Å². The summed E-state index contributed by atoms with van der Waals surface area (Å²) in [6.07, 6.45) is 8.92. The molecule has 1 aromatic carbocycles. The summed E-state index contributed by atoms with van der Waals surface area (Å²) in [7, 11) is 4.43. The highest BCUT2D eigenvalue weighted by molar-refractivity contribution is 5.26. The zero-order valence-electron chi connectivity index (χ0n) is 20.6. The number of aliphatic hydroxyl groups excluding tert-OH is 1. The summed E-state index contributed by atoms with van der Waals surface area (Å²) in [4.78, 5) is 7.03. The van der Waals surface area contributed by atoms with Gasteiger partial charge >= 0.3 is 0 Å². The fraction of sp³-hybridized carbons (Fsp3) is 0.778. The monoisotopic (exact) mass is 457 g/mol. The Hall–Kier alpha value is -1.02. The number of ether oxygens (including phenoxy) is 1. The second-order valence-electron chi connectivity index (χ2n) is 11.6. The molecule has 0 aromatic heterocycles. The van der Waals surface area contributed by atoms with Gasteiger partial charge in [0, 0.05) is 56.8 Å². The largest absolute Gasteiger partial charge is 0.388 e. The Kier molecular flexibility index (Phi) is 6.62. The smallest absolute Gasteiger partial charge is 0.166 e. The Morgan fingerprint density at radius 1 is 1.00 bits per heavy atom. The van der Waals surface area contributed by atoms with Crippen molar-refractivity contribution in [3.63, 3.8) is 0 Å². The molecule has 1 spiro atoms. The van der Waals surface area contributed by atoms with Crippen LogP contribution in [0.1, 0.15) is 63.4 Å². The van der Waals surface area contributed by atoms with Crippen LogP contribution in [0.2, 0.25) is 0 Å². The van der Waals surface area contributed by atoms with Crippen molar-refractivity contribution in [1.82, 2.24) is 14.7 Å². The normalized spacial score (nSPS) is 35.8. The zero-order chi connectivity index (χ0) is 23.1. The highest BCUT2D eigenvalue weighted by Gasteiger charge is 2.56. The first kappa shape index (κ1) is 23.7. The van der Waals surface area contributed by atoms with E-state index in [-0.39, 0.29) is 11.1 Å². The summed E-state index contributed by atoms with van der Waals surface area (Å²) >= 11 is 0. The SMILES string of the molecule is CN(C)[C@]1(c2ccccc2)CC[C@]2(CC1)CN(CC1(O)CCOCC1)C(O)N2CC1CCC1. The summed E-state index contributed by atoms with van der Waals surface area (Å²) < 4.78 is 5.49. The predicted molar refractivity (Wildman–Crippen MR) is 130 cm³/mol. The molecule has 6 heteroatoms. The van der Waals surface area contributed by atoms with Gasteiger partial charge in [-0.2, -0.15) is 0 Å². The lowest BCUT2D eigenvalue weighted by atomic mass is 9.68. The van der Waals surface area contributed by atoms with Crippen molar-refractivity contribution >= 4 is 0 Å². The number of nitrogens with zero attached hydrogens (tertiary/aromatic N) is 3. The Balaban J connectivity index is 1.37. The fourth-order valence-corrected chi connectivity index (χ4v) is 6.98. The van der Waals surface area contributed by atoms with Gasteiger partial charge in [0.1, 0.15) is 0 Å². The second-order valence-corrected chi connectivity index (χ2v) is 11.6. The summed E-state index contributed by atoms with van der Waals surface area (Å²) in [5.74, 6) is 0.706. The maximum atomic E-state index is 11.5. The van der Waals surface area contributed by atoms with Crippen LogP contribution in [0.3, 0.4) is 0 Å². The van der Waals surface area contributed by atoms with Crippen LogP contribution in [0, 0.1) is 5.92 Å². The van der Waals surface area contributed by atoms with Crippen molar-refractivity contribution in [2.24, 2.45) is 5.92 Å². The molecule has 33 heavy (non-hydrogen) atoms. The van der Waals surface area contributed by atoms with E-state index >= 15 is 0 Å². The van der Waals surface area contributed by atoms with Crippen LogP contribution >= 0.6 is 0 Å². The van der Waals surface area contributed by atoms with E-state index in [0.717, 1.165) is 38.8 Å². The summed E-state index contributed by atoms with van der Waals surface area (Å²) in [5, 5.41) is 22.7. The number of rotatable bonds is 6. The highest BCUT2D eigenvalue weighted by atomic mass is 16.5. The minimum Gasteiger partial charge on any atom is -0.388 e. The van der Waals surface area contributed by atoms with Crippen molar-refractivity contribution in [1.29, 1.82) is 0 Å². The van der Waals surface area contributed by atoms with E-state index in [1.54, 1.807) is 0 Å². The molecule has 1 atom stereocenters. The molecule has 2 saturated heterocycles. The van der Waals surface area contributed by atoms with Crippen molar-refractivity contribution in [3.05, 3.63) is 35.9 Å². The van der Waals surface area contributed by atoms with Gasteiger partial charge in [0.05, 0.1) is 5.60 Å². The van der Waals surface area contributed by atoms with E-state index in [9.17, 15) is 10.2 Å². The van der Waals surface area contributed by atoms with Crippen molar-refractivity contribution in [2.75, 3.05) is 46.9 Å². The topological polar surface area (TPSA) is 59.4 Å². The molecule has 4 aliphatic rings. The molecule has 0 bridgehead atoms. The van der Waals surface area contributed by atoms with Crippen LogP contribution < -0.4 is 0 Å². The molecule has 2 heterocycles. The van der Waals surface area contributed by atoms with Crippen LogP contribution in [0.15, 0.2) is 30.3 Å². The first-order chi connectivity index (χ1) is 15.9. The fourth-order valence-electron chi connectivity index (χ4n) is 6.98. The number of hydrogen-bond donors (Lipinski definition) is 2. The summed E-state index contributed by atoms with van der Waals surface area (Å²) in [5.41, 5.74) is 0.692. The quantitative estimate of drug-likeness (QED) is 0.685. The lowest BCUT2D eigenvalue weighted by molar-refractivity contribution is -0.132. The van der Waals surface area contributed by atoms with Gasteiger partial charge in [-0.3, -0.25) is 14.7 Å². The lowest BCUT2D eigenvalue weighted by Gasteiger charge is -2.52. The number of β-amino-alcohol motifs (C(OH)–C–C–N with tert-alkyl or cyclic N) is 1. The minimum absolute atomic E-state index is 0.00910. The number of benzene rings is 1. The highest BCUT2D eigenvalue weighted by Crippen LogP contribution is 2.50. The van der Waals surface area contributed by atoms with Crippen molar-refractivity contribution < 1.29 is 14.9 Å². The molecule has 2 aliphatic carbocycles. The maximum absolute atomic E-state index is 11.5. The van der Waals surface area contributed by atoms with E-state index in [4.69, 9.17) is 4.74 Å². The molecule has 184 valence electrons. The van der Waals surface area contributed by atoms with Gasteiger partial charge < -0.3 is 14.9 Å². The van der Waals surface area contributed by atoms with Crippen LogP contribution in [-0.2, 0) is 10.3 Å². The first-order valence-corrected chi connectivity index (χ1v) is 13.1. The van der Waals surface area contributed by atoms with Gasteiger partial charge in [0.15, 0.2) is 6.35 Å². The number of hydrogen-bond acceptors (Lipinski definition) is 6. The standard InChI is InChI=1S/C27H43N3O3/c1-28(2)27(23-9-4-3-5-10-23)13-11-25(12-14-27)20-29(21-26(32)15-17-33-18-16-26)24(31)30(25)19-22-7-6-8-22/h3-5,9-10,22,24,31-32H,6-8,11-21H2,1-2H3/t24?,25-,27+. The molecule has 6 nitrogen and oxygen atoms in total. The van der Waals surface area contributed by atoms with Gasteiger partial charge in [0.25, 0.3) is 0 Å². The van der Waals surface area contributed by atoms with Crippen LogP contribution in [0.25, 0.3) is 0 Å². The van der Waals surface area contributed by atoms with Gasteiger partial charge in [-0.1, -0.05) is 36.8 Å². The third-order valence-corrected chi connectivity index (χ3v) is 9.49. The Morgan fingerprint density at radius 2 is 1.67 bits per heavy atom. The molecule has 2 N–H and O–H groups in total. The molecule has 5 rings (SSSR count). The minimum atomic E-state index is -0.751. The molecule has 0 radical (unpaired) electrons. The van der Waals surface area contributed by atoms with E-state index < -0.39 is 12.0 Å². The molecule has 2 saturated carbocycles.